The first-order chi connectivity index (χ1) is 13.8. The minimum absolute atomic E-state index is 0.0585. The Bertz CT molecular complexity index is 1190. The molecule has 1 aliphatic heterocycles. The van der Waals surface area contributed by atoms with Crippen LogP contribution < -0.4 is 10.1 Å². The van der Waals surface area contributed by atoms with Gasteiger partial charge in [-0.2, -0.15) is 5.10 Å². The molecule has 1 aliphatic rings. The largest absolute Gasteiger partial charge is 0.464 e. The van der Waals surface area contributed by atoms with Crippen LogP contribution in [0.3, 0.4) is 0 Å². The molecule has 0 aliphatic carbocycles. The maximum Gasteiger partial charge on any atom is 0.238 e. The summed E-state index contributed by atoms with van der Waals surface area (Å²) in [5, 5.41) is 11.7. The molecule has 2 aromatic heterocycles. The Labute approximate surface area is 169 Å². The van der Waals surface area contributed by atoms with Crippen molar-refractivity contribution in [2.45, 2.75) is 31.2 Å². The van der Waals surface area contributed by atoms with Crippen LogP contribution in [0.2, 0.25) is 0 Å². The van der Waals surface area contributed by atoms with E-state index in [0.29, 0.717) is 6.42 Å². The normalized spacial score (nSPS) is 17.3. The second kappa shape index (κ2) is 7.38. The number of benzene rings is 1. The van der Waals surface area contributed by atoms with Crippen LogP contribution in [0.15, 0.2) is 73.4 Å². The van der Waals surface area contributed by atoms with Crippen LogP contribution >= 0.6 is 0 Å². The van der Waals surface area contributed by atoms with E-state index in [1.54, 1.807) is 12.1 Å². The van der Waals surface area contributed by atoms with Crippen LogP contribution in [0.1, 0.15) is 35.5 Å². The summed E-state index contributed by atoms with van der Waals surface area (Å²) < 4.78 is 34.5. The summed E-state index contributed by atoms with van der Waals surface area (Å²) in [6, 6.07) is 13.8. The molecule has 0 saturated carbocycles. The molecule has 8 heteroatoms. The van der Waals surface area contributed by atoms with Gasteiger partial charge in [0.2, 0.25) is 10.0 Å². The Kier molecular flexibility index (Phi) is 4.89. The Morgan fingerprint density at radius 1 is 1.00 bits per heavy atom. The van der Waals surface area contributed by atoms with Crippen molar-refractivity contribution in [1.29, 1.82) is 0 Å². The highest BCUT2D eigenvalue weighted by Gasteiger charge is 2.30. The summed E-state index contributed by atoms with van der Waals surface area (Å²) >= 11 is 0. The average molecular weight is 411 g/mol. The SMILES string of the molecule is Cc1ccc(/C=C/C2=NN(c3ccc(S(N)(=O)=O)cc3)C(c3ccc(C)o3)C2)o1. The van der Waals surface area contributed by atoms with E-state index in [1.807, 2.05) is 55.3 Å². The van der Waals surface area contributed by atoms with Gasteiger partial charge in [-0.25, -0.2) is 13.6 Å². The lowest BCUT2D eigenvalue weighted by Crippen LogP contribution is -2.18. The fourth-order valence-corrected chi connectivity index (χ4v) is 3.75. The number of rotatable bonds is 5. The predicted octanol–water partition coefficient (Wildman–Crippen LogP) is 4.16. The number of aryl methyl sites for hydroxylation is 2. The van der Waals surface area contributed by atoms with Crippen molar-refractivity contribution in [1.82, 2.24) is 0 Å². The monoisotopic (exact) mass is 411 g/mol. The van der Waals surface area contributed by atoms with Crippen LogP contribution in [-0.2, 0) is 10.0 Å². The quantitative estimate of drug-likeness (QED) is 0.679. The first kappa shape index (κ1) is 19.2. The van der Waals surface area contributed by atoms with Crippen molar-refractivity contribution >= 4 is 27.5 Å². The van der Waals surface area contributed by atoms with Gasteiger partial charge in [0.05, 0.1) is 16.3 Å². The maximum atomic E-state index is 11.5. The zero-order valence-corrected chi connectivity index (χ0v) is 16.9. The van der Waals surface area contributed by atoms with E-state index in [-0.39, 0.29) is 10.9 Å². The number of hydrogen-bond acceptors (Lipinski definition) is 6. The van der Waals surface area contributed by atoms with Crippen LogP contribution in [-0.4, -0.2) is 14.1 Å². The lowest BCUT2D eigenvalue weighted by molar-refractivity contribution is 0.445. The van der Waals surface area contributed by atoms with Gasteiger partial charge in [0.15, 0.2) is 0 Å². The molecule has 0 radical (unpaired) electrons. The number of furan rings is 2. The number of nitrogens with zero attached hydrogens (tertiary/aromatic N) is 2. The van der Waals surface area contributed by atoms with Crippen molar-refractivity contribution in [3.63, 3.8) is 0 Å². The summed E-state index contributed by atoms with van der Waals surface area (Å²) in [6.45, 7) is 3.79. The van der Waals surface area contributed by atoms with Crippen molar-refractivity contribution in [3.05, 3.63) is 77.6 Å². The lowest BCUT2D eigenvalue weighted by Gasteiger charge is -2.22. The smallest absolute Gasteiger partial charge is 0.238 e. The molecule has 1 aromatic carbocycles. The third kappa shape index (κ3) is 4.18. The molecule has 1 atom stereocenters. The van der Waals surface area contributed by atoms with Gasteiger partial charge in [0.25, 0.3) is 0 Å². The molecule has 0 amide bonds. The number of hydrazone groups is 1. The van der Waals surface area contributed by atoms with Crippen LogP contribution in [0, 0.1) is 13.8 Å². The van der Waals surface area contributed by atoms with E-state index < -0.39 is 10.0 Å². The molecule has 0 fully saturated rings. The zero-order valence-electron chi connectivity index (χ0n) is 16.1. The van der Waals surface area contributed by atoms with Gasteiger partial charge in [-0.3, -0.25) is 5.01 Å². The Morgan fingerprint density at radius 2 is 1.69 bits per heavy atom. The Hall–Kier alpha value is -3.10. The highest BCUT2D eigenvalue weighted by Crippen LogP contribution is 2.36. The van der Waals surface area contributed by atoms with Crippen molar-refractivity contribution in [2.24, 2.45) is 10.2 Å². The van der Waals surface area contributed by atoms with Gasteiger partial charge >= 0.3 is 0 Å². The van der Waals surface area contributed by atoms with E-state index in [4.69, 9.17) is 19.1 Å². The number of sulfonamides is 1. The zero-order chi connectivity index (χ0) is 20.6. The van der Waals surface area contributed by atoms with Gasteiger partial charge < -0.3 is 8.83 Å². The summed E-state index contributed by atoms with van der Waals surface area (Å²) in [7, 11) is -3.75. The average Bonchev–Trinajstić information content (AvgIpc) is 3.39. The topological polar surface area (TPSA) is 102 Å². The van der Waals surface area contributed by atoms with Crippen molar-refractivity contribution in [3.8, 4) is 0 Å². The first-order valence-electron chi connectivity index (χ1n) is 9.10. The van der Waals surface area contributed by atoms with Crippen molar-refractivity contribution < 1.29 is 17.3 Å². The highest BCUT2D eigenvalue weighted by atomic mass is 32.2. The van der Waals surface area contributed by atoms with E-state index in [0.717, 1.165) is 34.4 Å². The van der Waals surface area contributed by atoms with Gasteiger partial charge in [-0.15, -0.1) is 0 Å². The molecule has 150 valence electrons. The van der Waals surface area contributed by atoms with E-state index in [1.165, 1.54) is 12.1 Å². The third-order valence-corrected chi connectivity index (χ3v) is 5.58. The minimum atomic E-state index is -3.75. The number of nitrogens with two attached hydrogens (primary N) is 1. The fraction of sp³-hybridized carbons (Fsp3) is 0.190. The van der Waals surface area contributed by atoms with E-state index in [2.05, 4.69) is 0 Å². The number of anilines is 1. The molecule has 4 rings (SSSR count). The molecule has 2 N–H and O–H groups in total. The molecule has 0 saturated heterocycles. The molecule has 0 bridgehead atoms. The molecule has 3 heterocycles. The molecule has 29 heavy (non-hydrogen) atoms. The second-order valence-corrected chi connectivity index (χ2v) is 8.49. The fourth-order valence-electron chi connectivity index (χ4n) is 3.24. The second-order valence-electron chi connectivity index (χ2n) is 6.92. The van der Waals surface area contributed by atoms with Crippen LogP contribution in [0.4, 0.5) is 5.69 Å². The lowest BCUT2D eigenvalue weighted by atomic mass is 10.1. The van der Waals surface area contributed by atoms with Crippen LogP contribution in [0.5, 0.6) is 0 Å². The third-order valence-electron chi connectivity index (χ3n) is 4.65. The first-order valence-corrected chi connectivity index (χ1v) is 10.6. The molecular weight excluding hydrogens is 390 g/mol. The summed E-state index contributed by atoms with van der Waals surface area (Å²) in [5.41, 5.74) is 1.60. The summed E-state index contributed by atoms with van der Waals surface area (Å²) in [4.78, 5) is 0.0585. The van der Waals surface area contributed by atoms with Gasteiger partial charge in [-0.05, 0) is 74.5 Å². The maximum absolute atomic E-state index is 11.5. The minimum Gasteiger partial charge on any atom is -0.464 e. The Balaban J connectivity index is 1.66. The van der Waals surface area contributed by atoms with Gasteiger partial charge in [0, 0.05) is 6.42 Å². The van der Waals surface area contributed by atoms with Crippen LogP contribution in [0.25, 0.3) is 6.08 Å². The van der Waals surface area contributed by atoms with E-state index >= 15 is 0 Å². The molecule has 0 spiro atoms. The molecule has 1 unspecified atom stereocenters. The number of allylic oxidation sites excluding steroid dienone is 1. The highest BCUT2D eigenvalue weighted by molar-refractivity contribution is 7.89. The Morgan fingerprint density at radius 3 is 2.28 bits per heavy atom. The molecular formula is C21H21N3O4S. The summed E-state index contributed by atoms with van der Waals surface area (Å²) in [6.07, 6.45) is 4.43. The van der Waals surface area contributed by atoms with Gasteiger partial charge in [-0.1, -0.05) is 0 Å². The van der Waals surface area contributed by atoms with E-state index in [9.17, 15) is 8.42 Å². The molecule has 7 nitrogen and oxygen atoms in total. The van der Waals surface area contributed by atoms with Crippen molar-refractivity contribution in [2.75, 3.05) is 5.01 Å². The standard InChI is InChI=1S/C21H21N3O4S/c1-14-3-8-18(27-14)9-5-16-13-20(21-12-4-15(2)28-21)24(23-16)17-6-10-19(11-7-17)29(22,25)26/h3-12,20H,13H2,1-2H3,(H2,22,25,26)/b9-5+. The summed E-state index contributed by atoms with van der Waals surface area (Å²) in [5.74, 6) is 3.21. The van der Waals surface area contributed by atoms with Gasteiger partial charge in [0.1, 0.15) is 29.1 Å². The number of primary sulfonamides is 1. The number of hydrogen-bond donors (Lipinski definition) is 1. The predicted molar refractivity (Wildman–Crippen MR) is 111 cm³/mol. The molecule has 3 aromatic rings.